The largest absolute Gasteiger partial charge is 0.397 e. The fourth-order valence-electron chi connectivity index (χ4n) is 8.72. The van der Waals surface area contributed by atoms with Gasteiger partial charge in [0.2, 0.25) is 5.91 Å². The first-order valence-electron chi connectivity index (χ1n) is 17.6. The van der Waals surface area contributed by atoms with Crippen LogP contribution in [-0.2, 0) is 17.6 Å². The average Bonchev–Trinajstić information content (AvgIpc) is 3.62. The molecular formula is C36H49ClN8O3. The number of nitrogen functional groups attached to an aromatic ring is 1. The van der Waals surface area contributed by atoms with Crippen molar-refractivity contribution in [1.29, 1.82) is 0 Å². The highest BCUT2D eigenvalue weighted by molar-refractivity contribution is 6.33. The molecule has 5 amide bonds. The number of benzene rings is 2. The van der Waals surface area contributed by atoms with Gasteiger partial charge in [-0.3, -0.25) is 9.69 Å². The standard InChI is InChI=1S/C36H49ClN8O3/c1-23-17-24(18-30(37)33(23)38)19-32(34(46)42-12-8-27(9-13-42)45-22-28-20-29(45)21-41(28)2)40-35(47)43-14-10-26(11-15-43)44-16-7-25-5-3-4-6-31(25)39-36(44)48/h3-6,17-18,26-29,32H,7-16,19-22,38H2,1-2H3,(H,39,48)(H,40,47)/t28?,29?,32-/m1/s1. The molecule has 2 bridgehead atoms. The van der Waals surface area contributed by atoms with Gasteiger partial charge in [-0.05, 0) is 81.3 Å². The third kappa shape index (κ3) is 6.69. The van der Waals surface area contributed by atoms with Gasteiger partial charge in [-0.1, -0.05) is 35.9 Å². The second-order valence-electron chi connectivity index (χ2n) is 14.5. The normalized spacial score (nSPS) is 24.7. The molecule has 5 aliphatic rings. The lowest BCUT2D eigenvalue weighted by Gasteiger charge is -2.42. The molecule has 5 aliphatic heterocycles. The summed E-state index contributed by atoms with van der Waals surface area (Å²) in [5, 5.41) is 6.64. The molecule has 48 heavy (non-hydrogen) atoms. The van der Waals surface area contributed by atoms with Crippen molar-refractivity contribution in [3.63, 3.8) is 0 Å². The summed E-state index contributed by atoms with van der Waals surface area (Å²) in [5.41, 5.74) is 10.4. The third-order valence-corrected chi connectivity index (χ3v) is 11.9. The van der Waals surface area contributed by atoms with Gasteiger partial charge < -0.3 is 36.0 Å². The zero-order valence-electron chi connectivity index (χ0n) is 28.2. The van der Waals surface area contributed by atoms with Crippen LogP contribution in [0.5, 0.6) is 0 Å². The Bertz CT molecular complexity index is 1510. The van der Waals surface area contributed by atoms with E-state index in [4.69, 9.17) is 17.3 Å². The van der Waals surface area contributed by atoms with Crippen molar-refractivity contribution in [2.24, 2.45) is 0 Å². The van der Waals surface area contributed by atoms with Gasteiger partial charge in [0.05, 0.1) is 10.7 Å². The summed E-state index contributed by atoms with van der Waals surface area (Å²) in [7, 11) is 2.23. The van der Waals surface area contributed by atoms with E-state index in [0.717, 1.165) is 54.7 Å². The number of urea groups is 2. The van der Waals surface area contributed by atoms with E-state index in [2.05, 4.69) is 33.5 Å². The zero-order valence-corrected chi connectivity index (χ0v) is 28.9. The number of carbonyl (C=O) groups is 3. The molecule has 4 N–H and O–H groups in total. The molecule has 2 aromatic rings. The fraction of sp³-hybridized carbons (Fsp3) is 0.583. The third-order valence-electron chi connectivity index (χ3n) is 11.6. The monoisotopic (exact) mass is 676 g/mol. The van der Waals surface area contributed by atoms with Gasteiger partial charge in [0.1, 0.15) is 6.04 Å². The molecule has 7 rings (SSSR count). The summed E-state index contributed by atoms with van der Waals surface area (Å²) in [6, 6.07) is 12.5. The Hall–Kier alpha value is -3.54. The summed E-state index contributed by atoms with van der Waals surface area (Å²) in [6.07, 6.45) is 5.66. The van der Waals surface area contributed by atoms with E-state index in [0.29, 0.717) is 80.8 Å². The number of aryl methyl sites for hydroxylation is 1. The van der Waals surface area contributed by atoms with Gasteiger partial charge in [-0.2, -0.15) is 0 Å². The molecule has 0 aromatic heterocycles. The Kier molecular flexibility index (Phi) is 9.45. The Morgan fingerprint density at radius 1 is 0.958 bits per heavy atom. The highest BCUT2D eigenvalue weighted by atomic mass is 35.5. The molecule has 12 heteroatoms. The van der Waals surface area contributed by atoms with Crippen molar-refractivity contribution in [2.75, 3.05) is 63.9 Å². The van der Waals surface area contributed by atoms with Gasteiger partial charge in [0, 0.05) is 82.1 Å². The maximum absolute atomic E-state index is 14.1. The van der Waals surface area contributed by atoms with E-state index in [-0.39, 0.29) is 24.0 Å². The minimum absolute atomic E-state index is 0.0493. The van der Waals surface area contributed by atoms with Crippen molar-refractivity contribution in [2.45, 2.75) is 82.1 Å². The molecule has 0 radical (unpaired) electrons. The van der Waals surface area contributed by atoms with Crippen molar-refractivity contribution in [1.82, 2.24) is 29.8 Å². The first kappa shape index (κ1) is 33.0. The molecule has 2 aromatic carbocycles. The van der Waals surface area contributed by atoms with Crippen molar-refractivity contribution >= 4 is 40.9 Å². The number of piperazine rings is 1. The molecule has 0 spiro atoms. The molecule has 0 aliphatic carbocycles. The van der Waals surface area contributed by atoms with Crippen LogP contribution in [0.3, 0.4) is 0 Å². The van der Waals surface area contributed by atoms with Crippen LogP contribution in [0.15, 0.2) is 36.4 Å². The number of hydrogen-bond acceptors (Lipinski definition) is 6. The molecular weight excluding hydrogens is 628 g/mol. The van der Waals surface area contributed by atoms with Gasteiger partial charge >= 0.3 is 12.1 Å². The average molecular weight is 677 g/mol. The predicted molar refractivity (Wildman–Crippen MR) is 188 cm³/mol. The number of fused-ring (bicyclic) bond motifs is 3. The van der Waals surface area contributed by atoms with Gasteiger partial charge in [0.25, 0.3) is 0 Å². The molecule has 5 heterocycles. The molecule has 0 saturated carbocycles. The van der Waals surface area contributed by atoms with Gasteiger partial charge in [-0.15, -0.1) is 0 Å². The van der Waals surface area contributed by atoms with Crippen LogP contribution in [0.25, 0.3) is 0 Å². The van der Waals surface area contributed by atoms with E-state index in [1.807, 2.05) is 41.0 Å². The first-order chi connectivity index (χ1) is 23.1. The molecule has 3 atom stereocenters. The van der Waals surface area contributed by atoms with Gasteiger partial charge in [0.15, 0.2) is 0 Å². The van der Waals surface area contributed by atoms with E-state index in [1.54, 1.807) is 11.0 Å². The second kappa shape index (κ2) is 13.8. The topological polar surface area (TPSA) is 117 Å². The van der Waals surface area contributed by atoms with Crippen LogP contribution in [0.4, 0.5) is 21.0 Å². The van der Waals surface area contributed by atoms with Crippen LogP contribution in [0.1, 0.15) is 48.8 Å². The van der Waals surface area contributed by atoms with Crippen LogP contribution in [0.2, 0.25) is 5.02 Å². The molecule has 4 fully saturated rings. The number of nitrogens with zero attached hydrogens (tertiary/aromatic N) is 5. The Labute approximate surface area is 288 Å². The Morgan fingerprint density at radius 3 is 2.35 bits per heavy atom. The fourth-order valence-corrected chi connectivity index (χ4v) is 9.01. The Balaban J connectivity index is 0.983. The number of halogens is 1. The number of para-hydroxylation sites is 1. The summed E-state index contributed by atoms with van der Waals surface area (Å²) < 4.78 is 0. The minimum Gasteiger partial charge on any atom is -0.397 e. The number of likely N-dealkylation sites (N-methyl/N-ethyl adjacent to an activating group) is 1. The van der Waals surface area contributed by atoms with E-state index >= 15 is 0 Å². The smallest absolute Gasteiger partial charge is 0.322 e. The van der Waals surface area contributed by atoms with Crippen LogP contribution < -0.4 is 16.4 Å². The lowest BCUT2D eigenvalue weighted by Crippen LogP contribution is -2.58. The van der Waals surface area contributed by atoms with E-state index in [1.165, 1.54) is 6.42 Å². The molecule has 11 nitrogen and oxygen atoms in total. The predicted octanol–water partition coefficient (Wildman–Crippen LogP) is 3.79. The SMILES string of the molecule is Cc1cc(C[C@@H](NC(=O)N2CCC(N3CCc4ccccc4NC3=O)CC2)C(=O)N2CCC(N3CC4CC3CN4C)CC2)cc(Cl)c1N. The number of nitrogens with one attached hydrogen (secondary N) is 2. The van der Waals surface area contributed by atoms with E-state index in [9.17, 15) is 14.4 Å². The number of nitrogens with two attached hydrogens (primary N) is 1. The minimum atomic E-state index is -0.725. The van der Waals surface area contributed by atoms with Crippen LogP contribution in [-0.4, -0.2) is 126 Å². The lowest BCUT2D eigenvalue weighted by atomic mass is 9.98. The molecule has 4 saturated heterocycles. The molecule has 258 valence electrons. The van der Waals surface area contributed by atoms with Crippen LogP contribution >= 0.6 is 11.6 Å². The number of carbonyl (C=O) groups excluding carboxylic acids is 3. The maximum Gasteiger partial charge on any atom is 0.322 e. The number of likely N-dealkylation sites (tertiary alicyclic amines) is 4. The number of rotatable bonds is 6. The van der Waals surface area contributed by atoms with E-state index < -0.39 is 6.04 Å². The van der Waals surface area contributed by atoms with Crippen molar-refractivity contribution in [3.8, 4) is 0 Å². The van der Waals surface area contributed by atoms with Crippen molar-refractivity contribution in [3.05, 3.63) is 58.1 Å². The number of hydrogen-bond donors (Lipinski definition) is 3. The Morgan fingerprint density at radius 2 is 1.67 bits per heavy atom. The zero-order chi connectivity index (χ0) is 33.5. The van der Waals surface area contributed by atoms with Crippen molar-refractivity contribution < 1.29 is 14.4 Å². The summed E-state index contributed by atoms with van der Waals surface area (Å²) in [5.74, 6) is -0.0502. The highest BCUT2D eigenvalue weighted by Gasteiger charge is 2.45. The summed E-state index contributed by atoms with van der Waals surface area (Å²) >= 11 is 6.44. The first-order valence-corrected chi connectivity index (χ1v) is 18.0. The second-order valence-corrected chi connectivity index (χ2v) is 14.9. The maximum atomic E-state index is 14.1. The summed E-state index contributed by atoms with van der Waals surface area (Å²) in [4.78, 5) is 51.8. The quantitative estimate of drug-likeness (QED) is 0.401. The number of piperidine rings is 2. The van der Waals surface area contributed by atoms with Crippen LogP contribution in [0, 0.1) is 6.92 Å². The number of amides is 5. The highest BCUT2D eigenvalue weighted by Crippen LogP contribution is 2.34. The number of anilines is 2. The lowest BCUT2D eigenvalue weighted by molar-refractivity contribution is -0.135. The summed E-state index contributed by atoms with van der Waals surface area (Å²) in [6.45, 7) is 7.22. The van der Waals surface area contributed by atoms with Gasteiger partial charge in [-0.25, -0.2) is 9.59 Å². The molecule has 2 unspecified atom stereocenters.